The van der Waals surface area contributed by atoms with E-state index in [1.54, 1.807) is 29.1 Å². The molecular weight excluding hydrogens is 290 g/mol. The molecule has 0 saturated carbocycles. The number of sulfonamides is 1. The van der Waals surface area contributed by atoms with Crippen LogP contribution in [0.25, 0.3) is 0 Å². The number of nitrogens with zero attached hydrogens (tertiary/aromatic N) is 3. The van der Waals surface area contributed by atoms with Crippen LogP contribution >= 0.6 is 0 Å². The van der Waals surface area contributed by atoms with E-state index >= 15 is 0 Å². The summed E-state index contributed by atoms with van der Waals surface area (Å²) in [5.74, 6) is 5.42. The Morgan fingerprint density at radius 3 is 2.86 bits per heavy atom. The van der Waals surface area contributed by atoms with E-state index in [2.05, 4.69) is 26.9 Å². The van der Waals surface area contributed by atoms with Crippen molar-refractivity contribution in [3.8, 4) is 11.8 Å². The molecule has 2 aromatic rings. The molecule has 0 fully saturated rings. The van der Waals surface area contributed by atoms with Crippen molar-refractivity contribution in [2.45, 2.75) is 11.4 Å². The molecule has 21 heavy (non-hydrogen) atoms. The fraction of sp³-hybridized carbons (Fsp3) is 0.231. The van der Waals surface area contributed by atoms with E-state index < -0.39 is 10.0 Å². The lowest BCUT2D eigenvalue weighted by atomic mass is 10.2. The number of hydrogen-bond acceptors (Lipinski definition) is 5. The average molecular weight is 305 g/mol. The van der Waals surface area contributed by atoms with Crippen molar-refractivity contribution in [3.05, 3.63) is 42.2 Å². The quantitative estimate of drug-likeness (QED) is 0.729. The fourth-order valence-corrected chi connectivity index (χ4v) is 2.86. The van der Waals surface area contributed by atoms with Gasteiger partial charge in [-0.1, -0.05) is 29.2 Å². The molecule has 110 valence electrons. The van der Waals surface area contributed by atoms with Crippen LogP contribution in [-0.4, -0.2) is 36.5 Å². The molecule has 0 aliphatic heterocycles. The Morgan fingerprint density at radius 1 is 1.33 bits per heavy atom. The summed E-state index contributed by atoms with van der Waals surface area (Å²) in [7, 11) is -3.63. The molecule has 0 aliphatic carbocycles. The summed E-state index contributed by atoms with van der Waals surface area (Å²) in [5.41, 5.74) is 5.74. The molecule has 0 bridgehead atoms. The van der Waals surface area contributed by atoms with Gasteiger partial charge in [-0.3, -0.25) is 4.68 Å². The fourth-order valence-electron chi connectivity index (χ4n) is 1.67. The van der Waals surface area contributed by atoms with Gasteiger partial charge in [-0.2, -0.15) is 0 Å². The number of aromatic nitrogens is 3. The highest BCUT2D eigenvalue weighted by Crippen LogP contribution is 2.13. The molecule has 1 aromatic carbocycles. The molecule has 0 spiro atoms. The predicted molar refractivity (Wildman–Crippen MR) is 77.6 cm³/mol. The first-order valence-electron chi connectivity index (χ1n) is 6.25. The first-order chi connectivity index (χ1) is 10.1. The zero-order chi connectivity index (χ0) is 15.1. The van der Waals surface area contributed by atoms with Crippen molar-refractivity contribution < 1.29 is 8.42 Å². The summed E-state index contributed by atoms with van der Waals surface area (Å²) in [6.45, 7) is 0.786. The van der Waals surface area contributed by atoms with Crippen molar-refractivity contribution in [3.63, 3.8) is 0 Å². The average Bonchev–Trinajstić information content (AvgIpc) is 2.98. The largest absolute Gasteiger partial charge is 0.320 e. The van der Waals surface area contributed by atoms with Crippen molar-refractivity contribution in [1.82, 2.24) is 19.7 Å². The van der Waals surface area contributed by atoms with E-state index in [0.29, 0.717) is 12.1 Å². The topological polar surface area (TPSA) is 103 Å². The van der Waals surface area contributed by atoms with Gasteiger partial charge < -0.3 is 5.73 Å². The molecule has 0 unspecified atom stereocenters. The highest BCUT2D eigenvalue weighted by molar-refractivity contribution is 7.89. The van der Waals surface area contributed by atoms with Crippen LogP contribution in [0, 0.1) is 11.8 Å². The number of nitrogens with two attached hydrogens (primary N) is 1. The van der Waals surface area contributed by atoms with Crippen LogP contribution in [0.15, 0.2) is 41.6 Å². The van der Waals surface area contributed by atoms with Crippen molar-refractivity contribution in [2.24, 2.45) is 5.73 Å². The van der Waals surface area contributed by atoms with Gasteiger partial charge in [0.15, 0.2) is 0 Å². The maximum absolute atomic E-state index is 12.3. The van der Waals surface area contributed by atoms with Gasteiger partial charge in [0, 0.05) is 18.3 Å². The summed E-state index contributed by atoms with van der Waals surface area (Å²) in [5, 5.41) is 7.41. The van der Waals surface area contributed by atoms with Crippen LogP contribution in [-0.2, 0) is 16.6 Å². The van der Waals surface area contributed by atoms with Crippen molar-refractivity contribution in [2.75, 3.05) is 13.1 Å². The second-order valence-corrected chi connectivity index (χ2v) is 5.80. The normalized spacial score (nSPS) is 10.9. The van der Waals surface area contributed by atoms with E-state index in [4.69, 9.17) is 5.73 Å². The minimum absolute atomic E-state index is 0.143. The molecule has 0 amide bonds. The highest BCUT2D eigenvalue weighted by atomic mass is 32.2. The number of nitrogens with one attached hydrogen (secondary N) is 1. The van der Waals surface area contributed by atoms with Crippen LogP contribution in [0.5, 0.6) is 0 Å². The van der Waals surface area contributed by atoms with Gasteiger partial charge in [-0.15, -0.1) is 5.10 Å². The van der Waals surface area contributed by atoms with Crippen LogP contribution in [0.2, 0.25) is 0 Å². The van der Waals surface area contributed by atoms with E-state index in [-0.39, 0.29) is 18.0 Å². The lowest BCUT2D eigenvalue weighted by molar-refractivity contribution is 0.552. The van der Waals surface area contributed by atoms with Crippen molar-refractivity contribution >= 4 is 10.0 Å². The second kappa shape index (κ2) is 6.99. The van der Waals surface area contributed by atoms with Gasteiger partial charge in [0.1, 0.15) is 0 Å². The van der Waals surface area contributed by atoms with Crippen molar-refractivity contribution in [1.29, 1.82) is 0 Å². The molecule has 8 heteroatoms. The number of benzene rings is 1. The minimum atomic E-state index is -3.63. The van der Waals surface area contributed by atoms with Gasteiger partial charge in [-0.25, -0.2) is 13.1 Å². The van der Waals surface area contributed by atoms with E-state index in [1.807, 2.05) is 0 Å². The Balaban J connectivity index is 2.12. The predicted octanol–water partition coefficient (Wildman–Crippen LogP) is -0.433. The Kier molecular flexibility index (Phi) is 5.05. The second-order valence-electron chi connectivity index (χ2n) is 4.07. The summed E-state index contributed by atoms with van der Waals surface area (Å²) in [6, 6.07) is 6.54. The third kappa shape index (κ3) is 4.13. The standard InChI is InChI=1S/C13H15N5O2S/c14-7-3-5-12-4-1-2-6-13(12)21(19,20)16-9-11-18-10-8-15-17-18/h1-2,4,6,8,10,16H,7,9,11,14H2. The molecule has 7 nitrogen and oxygen atoms in total. The van der Waals surface area contributed by atoms with Gasteiger partial charge in [0.2, 0.25) is 10.0 Å². The Labute approximate surface area is 123 Å². The highest BCUT2D eigenvalue weighted by Gasteiger charge is 2.16. The van der Waals surface area contributed by atoms with Gasteiger partial charge >= 0.3 is 0 Å². The smallest absolute Gasteiger partial charge is 0.241 e. The molecule has 0 radical (unpaired) electrons. The summed E-state index contributed by atoms with van der Waals surface area (Å²) < 4.78 is 28.6. The third-order valence-electron chi connectivity index (χ3n) is 2.61. The Morgan fingerprint density at radius 2 is 2.14 bits per heavy atom. The van der Waals surface area contributed by atoms with E-state index in [0.717, 1.165) is 0 Å². The third-order valence-corrected chi connectivity index (χ3v) is 4.13. The zero-order valence-corrected chi connectivity index (χ0v) is 12.0. The van der Waals surface area contributed by atoms with Gasteiger partial charge in [0.05, 0.1) is 24.2 Å². The maximum atomic E-state index is 12.3. The zero-order valence-electron chi connectivity index (χ0n) is 11.2. The Bertz CT molecular complexity index is 744. The SMILES string of the molecule is NCC#Cc1ccccc1S(=O)(=O)NCCn1ccnn1. The summed E-state index contributed by atoms with van der Waals surface area (Å²) in [6.07, 6.45) is 3.20. The van der Waals surface area contributed by atoms with Crippen LogP contribution < -0.4 is 10.5 Å². The number of rotatable bonds is 5. The molecular formula is C13H15N5O2S. The monoisotopic (exact) mass is 305 g/mol. The molecule has 0 saturated heterocycles. The first-order valence-corrected chi connectivity index (χ1v) is 7.73. The molecule has 3 N–H and O–H groups in total. The Hall–Kier alpha value is -2.21. The first kappa shape index (κ1) is 15.2. The van der Waals surface area contributed by atoms with E-state index in [9.17, 15) is 8.42 Å². The summed E-state index contributed by atoms with van der Waals surface area (Å²) in [4.78, 5) is 0.143. The molecule has 1 aromatic heterocycles. The maximum Gasteiger partial charge on any atom is 0.241 e. The van der Waals surface area contributed by atoms with Gasteiger partial charge in [-0.05, 0) is 12.1 Å². The van der Waals surface area contributed by atoms with Crippen LogP contribution in [0.3, 0.4) is 0 Å². The van der Waals surface area contributed by atoms with E-state index in [1.165, 1.54) is 12.3 Å². The molecule has 1 heterocycles. The lowest BCUT2D eigenvalue weighted by Crippen LogP contribution is -2.28. The molecule has 0 aliphatic rings. The lowest BCUT2D eigenvalue weighted by Gasteiger charge is -2.08. The van der Waals surface area contributed by atoms with Crippen LogP contribution in [0.4, 0.5) is 0 Å². The molecule has 2 rings (SSSR count). The minimum Gasteiger partial charge on any atom is -0.320 e. The number of hydrogen-bond donors (Lipinski definition) is 2. The molecule has 0 atom stereocenters. The van der Waals surface area contributed by atoms with Gasteiger partial charge in [0.25, 0.3) is 0 Å². The van der Waals surface area contributed by atoms with Crippen LogP contribution in [0.1, 0.15) is 5.56 Å². The summed E-state index contributed by atoms with van der Waals surface area (Å²) >= 11 is 0.